The highest BCUT2D eigenvalue weighted by Crippen LogP contribution is 2.31. The monoisotopic (exact) mass is 422 g/mol. The van der Waals surface area contributed by atoms with E-state index in [4.69, 9.17) is 21.7 Å². The third-order valence-electron chi connectivity index (χ3n) is 3.94. The zero-order valence-corrected chi connectivity index (χ0v) is 17.3. The average molecular weight is 423 g/mol. The molecule has 0 radical (unpaired) electrons. The molecule has 0 spiro atoms. The van der Waals surface area contributed by atoms with E-state index in [1.807, 2.05) is 37.3 Å². The molecule has 0 amide bonds. The second kappa shape index (κ2) is 9.06. The van der Waals surface area contributed by atoms with Crippen LogP contribution in [-0.4, -0.2) is 19.3 Å². The van der Waals surface area contributed by atoms with Crippen LogP contribution in [0.2, 0.25) is 0 Å². The number of thiocarbonyl (C=S) groups is 1. The maximum atomic E-state index is 5.47. The van der Waals surface area contributed by atoms with E-state index in [1.54, 1.807) is 14.2 Å². The van der Waals surface area contributed by atoms with Crippen LogP contribution >= 0.6 is 28.1 Å². The van der Waals surface area contributed by atoms with E-state index >= 15 is 0 Å². The number of rotatable bonds is 6. The Morgan fingerprint density at radius 1 is 1.12 bits per heavy atom. The lowest BCUT2D eigenvalue weighted by Crippen LogP contribution is -2.32. The Labute approximate surface area is 163 Å². The van der Waals surface area contributed by atoms with E-state index in [1.165, 1.54) is 0 Å². The van der Waals surface area contributed by atoms with E-state index < -0.39 is 0 Å². The van der Waals surface area contributed by atoms with Crippen molar-refractivity contribution in [2.24, 2.45) is 0 Å². The highest BCUT2D eigenvalue weighted by atomic mass is 79.9. The lowest BCUT2D eigenvalue weighted by Gasteiger charge is -2.21. The van der Waals surface area contributed by atoms with Gasteiger partial charge >= 0.3 is 0 Å². The second-order valence-corrected chi connectivity index (χ2v) is 6.90. The molecule has 0 saturated heterocycles. The van der Waals surface area contributed by atoms with Gasteiger partial charge in [0.1, 0.15) is 0 Å². The lowest BCUT2D eigenvalue weighted by molar-refractivity contribution is 0.354. The summed E-state index contributed by atoms with van der Waals surface area (Å²) in [6.45, 7) is 4.16. The van der Waals surface area contributed by atoms with E-state index in [2.05, 4.69) is 39.6 Å². The molecule has 0 aromatic heterocycles. The molecule has 0 bridgehead atoms. The standard InChI is InChI=1S/C19H23BrN2O2S/c1-5-16(13-6-9-17(23-3)18(11-13)24-4)22-19(25)21-14-7-8-15(20)12(2)10-14/h6-11,16H,5H2,1-4H3,(H2,21,22,25). The fourth-order valence-corrected chi connectivity index (χ4v) is 3.05. The van der Waals surface area contributed by atoms with Crippen molar-refractivity contribution in [3.05, 3.63) is 52.0 Å². The Bertz CT molecular complexity index is 752. The summed E-state index contributed by atoms with van der Waals surface area (Å²) in [6.07, 6.45) is 0.886. The summed E-state index contributed by atoms with van der Waals surface area (Å²) in [6, 6.07) is 12.0. The van der Waals surface area contributed by atoms with Gasteiger partial charge in [0.2, 0.25) is 0 Å². The number of hydrogen-bond donors (Lipinski definition) is 2. The number of halogens is 1. The Kier molecular flexibility index (Phi) is 7.08. The van der Waals surface area contributed by atoms with Gasteiger partial charge in [-0.3, -0.25) is 0 Å². The molecule has 4 nitrogen and oxygen atoms in total. The molecule has 0 heterocycles. The summed E-state index contributed by atoms with van der Waals surface area (Å²) in [7, 11) is 3.27. The minimum Gasteiger partial charge on any atom is -0.493 e. The minimum absolute atomic E-state index is 0.0800. The fraction of sp³-hybridized carbons (Fsp3) is 0.316. The van der Waals surface area contributed by atoms with Crippen LogP contribution in [0.15, 0.2) is 40.9 Å². The summed E-state index contributed by atoms with van der Waals surface area (Å²) >= 11 is 8.98. The van der Waals surface area contributed by atoms with Gasteiger partial charge < -0.3 is 20.1 Å². The number of anilines is 1. The number of nitrogens with one attached hydrogen (secondary N) is 2. The van der Waals surface area contributed by atoms with Gasteiger partial charge in [0, 0.05) is 10.2 Å². The molecule has 2 rings (SSSR count). The molecular weight excluding hydrogens is 400 g/mol. The largest absolute Gasteiger partial charge is 0.493 e. The van der Waals surface area contributed by atoms with Crippen molar-refractivity contribution >= 4 is 38.9 Å². The van der Waals surface area contributed by atoms with Crippen LogP contribution in [0.1, 0.15) is 30.5 Å². The molecule has 134 valence electrons. The van der Waals surface area contributed by atoms with Crippen LogP contribution in [-0.2, 0) is 0 Å². The lowest BCUT2D eigenvalue weighted by atomic mass is 10.0. The van der Waals surface area contributed by atoms with Gasteiger partial charge in [0.05, 0.1) is 20.3 Å². The predicted molar refractivity (Wildman–Crippen MR) is 111 cm³/mol. The highest BCUT2D eigenvalue weighted by Gasteiger charge is 2.14. The first-order valence-electron chi connectivity index (χ1n) is 8.04. The molecule has 2 N–H and O–H groups in total. The van der Waals surface area contributed by atoms with Crippen molar-refractivity contribution in [2.75, 3.05) is 19.5 Å². The van der Waals surface area contributed by atoms with Crippen LogP contribution in [0.5, 0.6) is 11.5 Å². The molecule has 0 fully saturated rings. The van der Waals surface area contributed by atoms with Crippen molar-refractivity contribution in [2.45, 2.75) is 26.3 Å². The van der Waals surface area contributed by atoms with E-state index in [0.29, 0.717) is 16.6 Å². The summed E-state index contributed by atoms with van der Waals surface area (Å²) in [5, 5.41) is 7.19. The molecule has 0 aliphatic heterocycles. The Morgan fingerprint density at radius 2 is 1.84 bits per heavy atom. The first-order chi connectivity index (χ1) is 12.0. The summed E-state index contributed by atoms with van der Waals surface area (Å²) in [5.41, 5.74) is 3.20. The quantitative estimate of drug-likeness (QED) is 0.625. The molecular formula is C19H23BrN2O2S. The Hall–Kier alpha value is -1.79. The number of methoxy groups -OCH3 is 2. The number of ether oxygens (including phenoxy) is 2. The van der Waals surface area contributed by atoms with Crippen molar-refractivity contribution in [3.63, 3.8) is 0 Å². The van der Waals surface area contributed by atoms with Crippen LogP contribution in [0, 0.1) is 6.92 Å². The van der Waals surface area contributed by atoms with Crippen molar-refractivity contribution < 1.29 is 9.47 Å². The smallest absolute Gasteiger partial charge is 0.171 e. The number of hydrogen-bond acceptors (Lipinski definition) is 3. The van der Waals surface area contributed by atoms with Gasteiger partial charge in [-0.05, 0) is 67.0 Å². The molecule has 6 heteroatoms. The minimum atomic E-state index is 0.0800. The molecule has 0 aliphatic rings. The van der Waals surface area contributed by atoms with Gasteiger partial charge in [-0.15, -0.1) is 0 Å². The molecule has 25 heavy (non-hydrogen) atoms. The third kappa shape index (κ3) is 5.09. The summed E-state index contributed by atoms with van der Waals surface area (Å²) in [5.74, 6) is 1.43. The summed E-state index contributed by atoms with van der Waals surface area (Å²) in [4.78, 5) is 0. The Morgan fingerprint density at radius 3 is 2.44 bits per heavy atom. The van der Waals surface area contributed by atoms with Gasteiger partial charge in [-0.25, -0.2) is 0 Å². The van der Waals surface area contributed by atoms with E-state index in [-0.39, 0.29) is 6.04 Å². The maximum Gasteiger partial charge on any atom is 0.171 e. The Balaban J connectivity index is 2.10. The third-order valence-corrected chi connectivity index (χ3v) is 5.05. The number of benzene rings is 2. The molecule has 1 unspecified atom stereocenters. The normalized spacial score (nSPS) is 11.6. The van der Waals surface area contributed by atoms with Crippen molar-refractivity contribution in [1.29, 1.82) is 0 Å². The summed E-state index contributed by atoms with van der Waals surface area (Å²) < 4.78 is 11.8. The first kappa shape index (κ1) is 19.5. The van der Waals surface area contributed by atoms with E-state index in [0.717, 1.165) is 27.7 Å². The number of aryl methyl sites for hydroxylation is 1. The molecule has 0 aliphatic carbocycles. The van der Waals surface area contributed by atoms with Gasteiger partial charge in [-0.2, -0.15) is 0 Å². The van der Waals surface area contributed by atoms with Gasteiger partial charge in [-0.1, -0.05) is 28.9 Å². The fourth-order valence-electron chi connectivity index (χ4n) is 2.54. The van der Waals surface area contributed by atoms with Crippen molar-refractivity contribution in [1.82, 2.24) is 5.32 Å². The predicted octanol–water partition coefficient (Wildman–Crippen LogP) is 5.21. The maximum absolute atomic E-state index is 5.47. The van der Waals surface area contributed by atoms with Crippen LogP contribution < -0.4 is 20.1 Å². The zero-order chi connectivity index (χ0) is 18.4. The molecule has 1 atom stereocenters. The van der Waals surface area contributed by atoms with Crippen LogP contribution in [0.4, 0.5) is 5.69 Å². The van der Waals surface area contributed by atoms with Gasteiger partial charge in [0.25, 0.3) is 0 Å². The second-order valence-electron chi connectivity index (χ2n) is 5.64. The highest BCUT2D eigenvalue weighted by molar-refractivity contribution is 9.10. The zero-order valence-electron chi connectivity index (χ0n) is 14.9. The van der Waals surface area contributed by atoms with E-state index in [9.17, 15) is 0 Å². The first-order valence-corrected chi connectivity index (χ1v) is 9.24. The van der Waals surface area contributed by atoms with Gasteiger partial charge in [0.15, 0.2) is 16.6 Å². The average Bonchev–Trinajstić information content (AvgIpc) is 2.62. The molecule has 0 saturated carbocycles. The molecule has 2 aromatic carbocycles. The topological polar surface area (TPSA) is 42.5 Å². The SMILES string of the molecule is CCC(NC(=S)Nc1ccc(Br)c(C)c1)c1ccc(OC)c(OC)c1. The molecule has 2 aromatic rings. The van der Waals surface area contributed by atoms with Crippen LogP contribution in [0.3, 0.4) is 0 Å². The van der Waals surface area contributed by atoms with Crippen LogP contribution in [0.25, 0.3) is 0 Å². The van der Waals surface area contributed by atoms with Crippen molar-refractivity contribution in [3.8, 4) is 11.5 Å².